The van der Waals surface area contributed by atoms with Crippen molar-refractivity contribution in [2.75, 3.05) is 34.9 Å². The van der Waals surface area contributed by atoms with Crippen molar-refractivity contribution in [1.29, 1.82) is 0 Å². The fourth-order valence-electron chi connectivity index (χ4n) is 2.70. The third kappa shape index (κ3) is 4.21. The number of hydrogen-bond donors (Lipinski definition) is 2. The number of benzene rings is 1. The Kier molecular flexibility index (Phi) is 5.25. The number of anilines is 2. The van der Waals surface area contributed by atoms with Gasteiger partial charge in [0.15, 0.2) is 0 Å². The summed E-state index contributed by atoms with van der Waals surface area (Å²) in [5.41, 5.74) is -0.0533. The van der Waals surface area contributed by atoms with E-state index in [2.05, 4.69) is 15.5 Å². The normalized spacial score (nSPS) is 14.7. The Labute approximate surface area is 151 Å². The first-order valence-electron chi connectivity index (χ1n) is 7.88. The minimum Gasteiger partial charge on any atom is -0.370 e. The zero-order chi connectivity index (χ0) is 18.7. The number of nitrogens with two attached hydrogens (primary N) is 1. The first kappa shape index (κ1) is 18.4. The standard InChI is InChI=1S/C15H17F3N6OS/c16-15(17,18)10-3-4-12(23-5-1-2-6-23)11(7-10)21-13(25)8-26-14-22-20-9-24(14)19/h3-4,7,9H,1-2,5-6,8,19H2,(H,21,25). The second-order valence-corrected chi connectivity index (χ2v) is 6.72. The lowest BCUT2D eigenvalue weighted by Gasteiger charge is -2.23. The van der Waals surface area contributed by atoms with Crippen molar-refractivity contribution in [3.05, 3.63) is 30.1 Å². The van der Waals surface area contributed by atoms with E-state index in [1.54, 1.807) is 0 Å². The van der Waals surface area contributed by atoms with Crippen LogP contribution in [0.4, 0.5) is 24.5 Å². The third-order valence-electron chi connectivity index (χ3n) is 3.92. The maximum Gasteiger partial charge on any atom is 0.416 e. The summed E-state index contributed by atoms with van der Waals surface area (Å²) in [5.74, 6) is 5.06. The molecule has 2 heterocycles. The Morgan fingerprint density at radius 2 is 2.04 bits per heavy atom. The minimum absolute atomic E-state index is 0.0500. The minimum atomic E-state index is -4.48. The van der Waals surface area contributed by atoms with E-state index in [0.29, 0.717) is 10.8 Å². The molecule has 1 fully saturated rings. The Bertz CT molecular complexity index is 788. The molecule has 0 unspecified atom stereocenters. The summed E-state index contributed by atoms with van der Waals surface area (Å²) >= 11 is 1.05. The summed E-state index contributed by atoms with van der Waals surface area (Å²) < 4.78 is 40.3. The molecule has 1 aliphatic rings. The molecule has 1 amide bonds. The largest absolute Gasteiger partial charge is 0.416 e. The van der Waals surface area contributed by atoms with Gasteiger partial charge in [-0.15, -0.1) is 10.2 Å². The Balaban J connectivity index is 1.77. The van der Waals surface area contributed by atoms with Crippen LogP contribution in [0.25, 0.3) is 0 Å². The highest BCUT2D eigenvalue weighted by Crippen LogP contribution is 2.36. The van der Waals surface area contributed by atoms with Crippen LogP contribution in [-0.2, 0) is 11.0 Å². The summed E-state index contributed by atoms with van der Waals surface area (Å²) in [4.78, 5) is 14.2. The van der Waals surface area contributed by atoms with Crippen LogP contribution < -0.4 is 16.1 Å². The van der Waals surface area contributed by atoms with Gasteiger partial charge in [0.25, 0.3) is 0 Å². The van der Waals surface area contributed by atoms with Crippen molar-refractivity contribution in [3.63, 3.8) is 0 Å². The van der Waals surface area contributed by atoms with Gasteiger partial charge in [0.05, 0.1) is 22.7 Å². The number of rotatable bonds is 5. The van der Waals surface area contributed by atoms with Crippen molar-refractivity contribution in [3.8, 4) is 0 Å². The molecule has 0 saturated carbocycles. The van der Waals surface area contributed by atoms with E-state index in [-0.39, 0.29) is 11.4 Å². The van der Waals surface area contributed by atoms with Crippen molar-refractivity contribution in [2.24, 2.45) is 0 Å². The predicted molar refractivity (Wildman–Crippen MR) is 92.4 cm³/mol. The van der Waals surface area contributed by atoms with Gasteiger partial charge in [0.1, 0.15) is 6.33 Å². The fraction of sp³-hybridized carbons (Fsp3) is 0.400. The van der Waals surface area contributed by atoms with E-state index in [0.717, 1.165) is 54.5 Å². The van der Waals surface area contributed by atoms with Crippen LogP contribution in [0.15, 0.2) is 29.7 Å². The zero-order valence-corrected chi connectivity index (χ0v) is 14.5. The molecule has 0 radical (unpaired) electrons. The quantitative estimate of drug-likeness (QED) is 0.606. The first-order chi connectivity index (χ1) is 12.3. The molecule has 0 atom stereocenters. The molecule has 0 spiro atoms. The molecule has 1 aromatic carbocycles. The highest BCUT2D eigenvalue weighted by molar-refractivity contribution is 7.99. The maximum atomic E-state index is 13.0. The van der Waals surface area contributed by atoms with Gasteiger partial charge in [0.2, 0.25) is 11.1 Å². The number of thioether (sulfide) groups is 1. The molecule has 0 bridgehead atoms. The fourth-order valence-corrected chi connectivity index (χ4v) is 3.33. The topological polar surface area (TPSA) is 89.1 Å². The van der Waals surface area contributed by atoms with Gasteiger partial charge in [-0.05, 0) is 31.0 Å². The molecule has 1 saturated heterocycles. The molecule has 11 heteroatoms. The number of halogens is 3. The van der Waals surface area contributed by atoms with E-state index >= 15 is 0 Å². The number of nitrogens with one attached hydrogen (secondary N) is 1. The van der Waals surface area contributed by atoms with Gasteiger partial charge in [-0.1, -0.05) is 11.8 Å². The number of aromatic nitrogens is 3. The van der Waals surface area contributed by atoms with Crippen molar-refractivity contribution >= 4 is 29.0 Å². The van der Waals surface area contributed by atoms with Crippen LogP contribution in [-0.4, -0.2) is 39.6 Å². The van der Waals surface area contributed by atoms with Crippen LogP contribution in [0.5, 0.6) is 0 Å². The number of carbonyl (C=O) groups excluding carboxylic acids is 1. The second-order valence-electron chi connectivity index (χ2n) is 5.78. The molecule has 3 rings (SSSR count). The summed E-state index contributed by atoms with van der Waals surface area (Å²) in [7, 11) is 0. The first-order valence-corrected chi connectivity index (χ1v) is 8.87. The van der Waals surface area contributed by atoms with Gasteiger partial charge in [-0.25, -0.2) is 4.68 Å². The molecular weight excluding hydrogens is 369 g/mol. The Hall–Kier alpha value is -2.43. The third-order valence-corrected chi connectivity index (χ3v) is 4.87. The number of nitrogens with zero attached hydrogens (tertiary/aromatic N) is 4. The summed E-state index contributed by atoms with van der Waals surface area (Å²) in [5, 5.41) is 10.2. The Morgan fingerprint density at radius 3 is 2.65 bits per heavy atom. The number of nitrogen functional groups attached to an aromatic ring is 1. The van der Waals surface area contributed by atoms with Crippen molar-refractivity contribution < 1.29 is 18.0 Å². The highest BCUT2D eigenvalue weighted by atomic mass is 32.2. The molecule has 3 N–H and O–H groups in total. The van der Waals surface area contributed by atoms with Crippen LogP contribution in [0.3, 0.4) is 0 Å². The van der Waals surface area contributed by atoms with Crippen LogP contribution in [0, 0.1) is 0 Å². The molecule has 26 heavy (non-hydrogen) atoms. The van der Waals surface area contributed by atoms with Gasteiger partial charge < -0.3 is 16.1 Å². The van der Waals surface area contributed by atoms with Gasteiger partial charge in [-0.3, -0.25) is 4.79 Å². The van der Waals surface area contributed by atoms with Gasteiger partial charge in [0, 0.05) is 13.1 Å². The average molecular weight is 386 g/mol. The molecule has 1 aliphatic heterocycles. The smallest absolute Gasteiger partial charge is 0.370 e. The Morgan fingerprint density at radius 1 is 1.31 bits per heavy atom. The lowest BCUT2D eigenvalue weighted by Crippen LogP contribution is -2.22. The lowest BCUT2D eigenvalue weighted by molar-refractivity contribution is -0.137. The maximum absolute atomic E-state index is 13.0. The second kappa shape index (κ2) is 7.44. The van der Waals surface area contributed by atoms with Gasteiger partial charge in [-0.2, -0.15) is 13.2 Å². The van der Waals surface area contributed by atoms with Crippen LogP contribution in [0.2, 0.25) is 0 Å². The molecule has 140 valence electrons. The van der Waals surface area contributed by atoms with E-state index in [4.69, 9.17) is 5.84 Å². The van der Waals surface area contributed by atoms with E-state index < -0.39 is 17.6 Å². The zero-order valence-electron chi connectivity index (χ0n) is 13.7. The summed E-state index contributed by atoms with van der Waals surface area (Å²) in [6.07, 6.45) is -1.25. The molecule has 7 nitrogen and oxygen atoms in total. The average Bonchev–Trinajstić information content (AvgIpc) is 3.24. The molecule has 2 aromatic rings. The van der Waals surface area contributed by atoms with Crippen LogP contribution >= 0.6 is 11.8 Å². The lowest BCUT2D eigenvalue weighted by atomic mass is 10.1. The summed E-state index contributed by atoms with van der Waals surface area (Å²) in [6.45, 7) is 1.50. The number of amides is 1. The van der Waals surface area contributed by atoms with Gasteiger partial charge >= 0.3 is 6.18 Å². The van der Waals surface area contributed by atoms with E-state index in [9.17, 15) is 18.0 Å². The monoisotopic (exact) mass is 386 g/mol. The van der Waals surface area contributed by atoms with Crippen molar-refractivity contribution in [1.82, 2.24) is 14.9 Å². The van der Waals surface area contributed by atoms with Crippen LogP contribution in [0.1, 0.15) is 18.4 Å². The molecule has 1 aromatic heterocycles. The van der Waals surface area contributed by atoms with Crippen molar-refractivity contribution in [2.45, 2.75) is 24.2 Å². The number of alkyl halides is 3. The highest BCUT2D eigenvalue weighted by Gasteiger charge is 2.32. The SMILES string of the molecule is Nn1cnnc1SCC(=O)Nc1cc(C(F)(F)F)ccc1N1CCCC1. The summed E-state index contributed by atoms with van der Waals surface area (Å²) in [6, 6.07) is 3.42. The van der Waals surface area contributed by atoms with E-state index in [1.807, 2.05) is 4.90 Å². The predicted octanol–water partition coefficient (Wildman–Crippen LogP) is 2.34. The molecular formula is C15H17F3N6OS. The van der Waals surface area contributed by atoms with E-state index in [1.165, 1.54) is 12.4 Å². The molecule has 0 aliphatic carbocycles. The number of hydrogen-bond acceptors (Lipinski definition) is 6. The number of carbonyl (C=O) groups is 1.